The third-order valence-electron chi connectivity index (χ3n) is 3.38. The minimum Gasteiger partial charge on any atom is -0.361 e. The molecule has 1 aromatic heterocycles. The van der Waals surface area contributed by atoms with Crippen molar-refractivity contribution in [3.05, 3.63) is 35.0 Å². The molecule has 0 fully saturated rings. The molecule has 2 aromatic rings. The van der Waals surface area contributed by atoms with Gasteiger partial charge in [0.1, 0.15) is 0 Å². The van der Waals surface area contributed by atoms with Gasteiger partial charge in [-0.3, -0.25) is 9.59 Å². The highest BCUT2D eigenvalue weighted by atomic mass is 35.5. The number of halogens is 1. The lowest BCUT2D eigenvalue weighted by Gasteiger charge is -2.05. The van der Waals surface area contributed by atoms with Crippen LogP contribution in [0.4, 0.5) is 0 Å². The Bertz CT molecular complexity index is 666. The average Bonchev–Trinajstić information content (AvgIpc) is 2.85. The lowest BCUT2D eigenvalue weighted by atomic mass is 10.1. The molecule has 0 aliphatic rings. The molecule has 0 atom stereocenters. The lowest BCUT2D eigenvalue weighted by molar-refractivity contribution is -0.121. The minimum absolute atomic E-state index is 0.0135. The fourth-order valence-electron chi connectivity index (χ4n) is 2.27. The van der Waals surface area contributed by atoms with Crippen molar-refractivity contribution in [1.82, 2.24) is 15.6 Å². The van der Waals surface area contributed by atoms with Crippen molar-refractivity contribution in [2.24, 2.45) is 0 Å². The van der Waals surface area contributed by atoms with Crippen LogP contribution in [0.2, 0.25) is 5.02 Å². The van der Waals surface area contributed by atoms with Gasteiger partial charge in [0.15, 0.2) is 0 Å². The zero-order valence-electron chi connectivity index (χ0n) is 12.5. The first-order chi connectivity index (χ1) is 10.6. The largest absolute Gasteiger partial charge is 0.361 e. The second-order valence-corrected chi connectivity index (χ2v) is 5.66. The molecular weight excluding hydrogens is 302 g/mol. The predicted molar refractivity (Wildman–Crippen MR) is 87.9 cm³/mol. The van der Waals surface area contributed by atoms with Gasteiger partial charge in [0.2, 0.25) is 11.8 Å². The minimum atomic E-state index is -0.0259. The van der Waals surface area contributed by atoms with Gasteiger partial charge < -0.3 is 15.6 Å². The SMILES string of the molecule is CC(=O)NCCCCNC(=O)Cc1c[nH]c2ccc(Cl)cc12. The third kappa shape index (κ3) is 4.77. The number of H-pyrrole nitrogens is 1. The van der Waals surface area contributed by atoms with E-state index >= 15 is 0 Å². The Morgan fingerprint density at radius 1 is 1.18 bits per heavy atom. The molecule has 1 heterocycles. The Balaban J connectivity index is 1.77. The van der Waals surface area contributed by atoms with Crippen LogP contribution < -0.4 is 10.6 Å². The van der Waals surface area contributed by atoms with Crippen LogP contribution in [0, 0.1) is 0 Å². The van der Waals surface area contributed by atoms with Gasteiger partial charge in [0.25, 0.3) is 0 Å². The molecule has 0 aliphatic carbocycles. The summed E-state index contributed by atoms with van der Waals surface area (Å²) >= 11 is 5.99. The number of aromatic nitrogens is 1. The number of unbranched alkanes of at least 4 members (excludes halogenated alkanes) is 1. The normalized spacial score (nSPS) is 10.6. The first kappa shape index (κ1) is 16.4. The number of carbonyl (C=O) groups is 2. The third-order valence-corrected chi connectivity index (χ3v) is 3.62. The fraction of sp³-hybridized carbons (Fsp3) is 0.375. The molecule has 0 spiro atoms. The smallest absolute Gasteiger partial charge is 0.224 e. The molecule has 2 rings (SSSR count). The van der Waals surface area contributed by atoms with E-state index in [0.29, 0.717) is 24.5 Å². The number of hydrogen-bond acceptors (Lipinski definition) is 2. The first-order valence-corrected chi connectivity index (χ1v) is 7.70. The Labute approximate surface area is 134 Å². The number of amides is 2. The predicted octanol–water partition coefficient (Wildman–Crippen LogP) is 2.40. The van der Waals surface area contributed by atoms with Gasteiger partial charge in [-0.25, -0.2) is 0 Å². The van der Waals surface area contributed by atoms with E-state index in [4.69, 9.17) is 11.6 Å². The molecule has 0 radical (unpaired) electrons. The summed E-state index contributed by atoms with van der Waals surface area (Å²) in [6.07, 6.45) is 3.86. The van der Waals surface area contributed by atoms with Crippen molar-refractivity contribution >= 4 is 34.3 Å². The van der Waals surface area contributed by atoms with Crippen molar-refractivity contribution < 1.29 is 9.59 Å². The number of benzene rings is 1. The molecule has 3 N–H and O–H groups in total. The van der Waals surface area contributed by atoms with Gasteiger partial charge in [-0.15, -0.1) is 0 Å². The van der Waals surface area contributed by atoms with Gasteiger partial charge in [-0.05, 0) is 36.6 Å². The number of fused-ring (bicyclic) bond motifs is 1. The summed E-state index contributed by atoms with van der Waals surface area (Å²) in [5, 5.41) is 7.26. The number of nitrogens with one attached hydrogen (secondary N) is 3. The summed E-state index contributed by atoms with van der Waals surface area (Å²) in [6.45, 7) is 2.75. The van der Waals surface area contributed by atoms with Gasteiger partial charge in [-0.1, -0.05) is 11.6 Å². The van der Waals surface area contributed by atoms with Crippen LogP contribution in [0.3, 0.4) is 0 Å². The van der Waals surface area contributed by atoms with E-state index < -0.39 is 0 Å². The number of aromatic amines is 1. The molecule has 0 aliphatic heterocycles. The molecule has 1 aromatic carbocycles. The fourth-order valence-corrected chi connectivity index (χ4v) is 2.45. The summed E-state index contributed by atoms with van der Waals surface area (Å²) < 4.78 is 0. The van der Waals surface area contributed by atoms with Crippen molar-refractivity contribution in [2.45, 2.75) is 26.2 Å². The Hall–Kier alpha value is -2.01. The van der Waals surface area contributed by atoms with Crippen molar-refractivity contribution in [3.8, 4) is 0 Å². The van der Waals surface area contributed by atoms with E-state index in [-0.39, 0.29) is 11.8 Å². The zero-order chi connectivity index (χ0) is 15.9. The maximum atomic E-state index is 12.0. The van der Waals surface area contributed by atoms with Crippen LogP contribution in [0.15, 0.2) is 24.4 Å². The van der Waals surface area contributed by atoms with Gasteiger partial charge in [-0.2, -0.15) is 0 Å². The van der Waals surface area contributed by atoms with Crippen LogP contribution >= 0.6 is 11.6 Å². The Morgan fingerprint density at radius 3 is 2.64 bits per heavy atom. The highest BCUT2D eigenvalue weighted by Gasteiger charge is 2.08. The number of carbonyl (C=O) groups excluding carboxylic acids is 2. The Kier molecular flexibility index (Phi) is 5.83. The molecular formula is C16H20ClN3O2. The van der Waals surface area contributed by atoms with Crippen LogP contribution in [-0.4, -0.2) is 29.9 Å². The van der Waals surface area contributed by atoms with Crippen LogP contribution in [0.5, 0.6) is 0 Å². The Morgan fingerprint density at radius 2 is 1.91 bits per heavy atom. The lowest BCUT2D eigenvalue weighted by Crippen LogP contribution is -2.27. The maximum absolute atomic E-state index is 12.0. The second kappa shape index (κ2) is 7.84. The molecule has 0 saturated carbocycles. The molecule has 6 heteroatoms. The van der Waals surface area contributed by atoms with E-state index in [9.17, 15) is 9.59 Å². The highest BCUT2D eigenvalue weighted by Crippen LogP contribution is 2.22. The second-order valence-electron chi connectivity index (χ2n) is 5.22. The van der Waals surface area contributed by atoms with Crippen LogP contribution in [-0.2, 0) is 16.0 Å². The van der Waals surface area contributed by atoms with E-state index in [0.717, 1.165) is 29.3 Å². The van der Waals surface area contributed by atoms with Gasteiger partial charge >= 0.3 is 0 Å². The number of rotatable bonds is 7. The summed E-state index contributed by atoms with van der Waals surface area (Å²) in [5.41, 5.74) is 1.91. The zero-order valence-corrected chi connectivity index (χ0v) is 13.3. The first-order valence-electron chi connectivity index (χ1n) is 7.33. The van der Waals surface area contributed by atoms with Crippen molar-refractivity contribution in [2.75, 3.05) is 13.1 Å². The monoisotopic (exact) mass is 321 g/mol. The molecule has 0 saturated heterocycles. The molecule has 5 nitrogen and oxygen atoms in total. The van der Waals surface area contributed by atoms with Gasteiger partial charge in [0, 0.05) is 42.1 Å². The van der Waals surface area contributed by atoms with Crippen molar-refractivity contribution in [1.29, 1.82) is 0 Å². The van der Waals surface area contributed by atoms with E-state index in [1.165, 1.54) is 6.92 Å². The topological polar surface area (TPSA) is 74.0 Å². The van der Waals surface area contributed by atoms with E-state index in [2.05, 4.69) is 15.6 Å². The van der Waals surface area contributed by atoms with Crippen LogP contribution in [0.1, 0.15) is 25.3 Å². The van der Waals surface area contributed by atoms with E-state index in [1.807, 2.05) is 24.4 Å². The molecule has 0 unspecified atom stereocenters. The summed E-state index contributed by atoms with van der Waals surface area (Å²) in [7, 11) is 0. The van der Waals surface area contributed by atoms with E-state index in [1.54, 1.807) is 0 Å². The standard InChI is InChI=1S/C16H20ClN3O2/c1-11(21)18-6-2-3-7-19-16(22)8-12-10-20-15-5-4-13(17)9-14(12)15/h4-5,9-10,20H,2-3,6-8H2,1H3,(H,18,21)(H,19,22). The van der Waals surface area contributed by atoms with Gasteiger partial charge in [0.05, 0.1) is 6.42 Å². The van der Waals surface area contributed by atoms with Crippen LogP contribution in [0.25, 0.3) is 10.9 Å². The summed E-state index contributed by atoms with van der Waals surface area (Å²) in [5.74, 6) is -0.0394. The average molecular weight is 322 g/mol. The summed E-state index contributed by atoms with van der Waals surface area (Å²) in [4.78, 5) is 25.8. The molecule has 0 bridgehead atoms. The maximum Gasteiger partial charge on any atom is 0.224 e. The molecule has 2 amide bonds. The molecule has 22 heavy (non-hydrogen) atoms. The molecule has 118 valence electrons. The number of hydrogen-bond donors (Lipinski definition) is 3. The quantitative estimate of drug-likeness (QED) is 0.685. The highest BCUT2D eigenvalue weighted by molar-refractivity contribution is 6.31. The summed E-state index contributed by atoms with van der Waals surface area (Å²) in [6, 6.07) is 5.59. The van der Waals surface area contributed by atoms with Crippen molar-refractivity contribution in [3.63, 3.8) is 0 Å².